The molecule has 0 aliphatic rings. The first-order valence-electron chi connectivity index (χ1n) is 10.8. The van der Waals surface area contributed by atoms with Crippen LogP contribution in [0, 0.1) is 6.92 Å². The lowest BCUT2D eigenvalue weighted by Gasteiger charge is -2.12. The molecule has 172 valence electrons. The normalized spacial score (nSPS) is 11.1. The van der Waals surface area contributed by atoms with Crippen LogP contribution in [-0.4, -0.2) is 34.2 Å². The Balaban J connectivity index is 1.48. The highest BCUT2D eigenvalue weighted by molar-refractivity contribution is 7.61. The molecular weight excluding hydrogens is 445 g/mol. The van der Waals surface area contributed by atoms with Crippen LogP contribution in [0.2, 0.25) is 0 Å². The van der Waals surface area contributed by atoms with Gasteiger partial charge in [0, 0.05) is 47.3 Å². The van der Waals surface area contributed by atoms with Crippen LogP contribution in [0.15, 0.2) is 79.3 Å². The zero-order valence-electron chi connectivity index (χ0n) is 19.3. The number of hydrogen-bond donors (Lipinski definition) is 2. The summed E-state index contributed by atoms with van der Waals surface area (Å²) in [6.45, 7) is 5.49. The molecule has 0 atom stereocenters. The summed E-state index contributed by atoms with van der Waals surface area (Å²) in [4.78, 5) is 25.7. The van der Waals surface area contributed by atoms with Gasteiger partial charge in [-0.05, 0) is 73.8 Å². The summed E-state index contributed by atoms with van der Waals surface area (Å²) in [7, 11) is -2.16. The first-order chi connectivity index (χ1) is 16.3. The molecule has 0 saturated carbocycles. The third-order valence-corrected chi connectivity index (χ3v) is 6.28. The molecule has 2 heterocycles. The molecule has 0 aliphatic carbocycles. The van der Waals surface area contributed by atoms with E-state index in [0.29, 0.717) is 23.4 Å². The van der Waals surface area contributed by atoms with Crippen LogP contribution in [0.3, 0.4) is 0 Å². The average molecular weight is 472 g/mol. The summed E-state index contributed by atoms with van der Waals surface area (Å²) < 4.78 is 12.0. The van der Waals surface area contributed by atoms with E-state index in [1.165, 1.54) is 0 Å². The first-order valence-corrected chi connectivity index (χ1v) is 13.6. The number of amides is 1. The number of benzene rings is 2. The van der Waals surface area contributed by atoms with Crippen molar-refractivity contribution in [2.24, 2.45) is 0 Å². The lowest BCUT2D eigenvalue weighted by atomic mass is 10.1. The van der Waals surface area contributed by atoms with Gasteiger partial charge < -0.3 is 15.2 Å². The van der Waals surface area contributed by atoms with E-state index in [1.54, 1.807) is 44.1 Å². The highest BCUT2D eigenvalue weighted by atomic mass is 31.2. The van der Waals surface area contributed by atoms with E-state index in [1.807, 2.05) is 55.5 Å². The third-order valence-electron chi connectivity index (χ3n) is 5.15. The lowest BCUT2D eigenvalue weighted by molar-refractivity contribution is 0.102. The Bertz CT molecular complexity index is 1350. The molecule has 7 nitrogen and oxygen atoms in total. The highest BCUT2D eigenvalue weighted by Gasteiger charge is 2.12. The summed E-state index contributed by atoms with van der Waals surface area (Å²) in [6, 6.07) is 18.5. The van der Waals surface area contributed by atoms with Crippen LogP contribution < -0.4 is 10.6 Å². The number of hydrogen-bond acceptors (Lipinski definition) is 6. The number of pyridine rings is 1. The van der Waals surface area contributed by atoms with Gasteiger partial charge in [-0.1, -0.05) is 18.2 Å². The van der Waals surface area contributed by atoms with Crippen molar-refractivity contribution in [1.29, 1.82) is 0 Å². The van der Waals surface area contributed by atoms with E-state index in [-0.39, 0.29) is 5.91 Å². The van der Waals surface area contributed by atoms with E-state index < -0.39 is 7.14 Å². The van der Waals surface area contributed by atoms with Crippen LogP contribution in [0.4, 0.5) is 17.3 Å². The van der Waals surface area contributed by atoms with Gasteiger partial charge in [0.2, 0.25) is 5.95 Å². The fourth-order valence-corrected chi connectivity index (χ4v) is 4.55. The second-order valence-electron chi connectivity index (χ2n) is 8.54. The van der Waals surface area contributed by atoms with Gasteiger partial charge in [0.05, 0.1) is 12.8 Å². The van der Waals surface area contributed by atoms with E-state index in [4.69, 9.17) is 0 Å². The second kappa shape index (κ2) is 9.98. The molecule has 1 amide bonds. The van der Waals surface area contributed by atoms with Crippen molar-refractivity contribution in [3.05, 3.63) is 95.9 Å². The van der Waals surface area contributed by atoms with Gasteiger partial charge in [-0.3, -0.25) is 9.78 Å². The standard InChI is InChI=1S/C26H26N5O2P/c1-18-4-9-22(29-25(32)21-7-5-19(6-8-21)17-34(2,3)33)16-24(18)31-26-28-15-12-23(30-26)20-10-13-27-14-11-20/h4-16H,17H2,1-3H3,(H,29,32)(H,28,30,31). The minimum Gasteiger partial charge on any atom is -0.324 e. The molecule has 2 aromatic heterocycles. The van der Waals surface area contributed by atoms with Crippen LogP contribution in [0.5, 0.6) is 0 Å². The summed E-state index contributed by atoms with van der Waals surface area (Å²) in [5, 5.41) is 6.18. The predicted molar refractivity (Wildman–Crippen MR) is 137 cm³/mol. The van der Waals surface area contributed by atoms with Gasteiger partial charge in [-0.15, -0.1) is 0 Å². The molecule has 2 N–H and O–H groups in total. The summed E-state index contributed by atoms with van der Waals surface area (Å²) in [5.41, 5.74) is 5.66. The van der Waals surface area contributed by atoms with Crippen LogP contribution in [-0.2, 0) is 10.7 Å². The van der Waals surface area contributed by atoms with Crippen LogP contribution in [0.1, 0.15) is 21.5 Å². The molecule has 0 fully saturated rings. The maximum absolute atomic E-state index is 12.8. The number of carbonyl (C=O) groups excluding carboxylic acids is 1. The SMILES string of the molecule is Cc1ccc(NC(=O)c2ccc(CP(C)(C)=O)cc2)cc1Nc1nccc(-c2ccncc2)n1. The molecular formula is C26H26N5O2P. The maximum Gasteiger partial charge on any atom is 0.255 e. The Morgan fingerprint density at radius 2 is 1.68 bits per heavy atom. The zero-order valence-corrected chi connectivity index (χ0v) is 20.2. The lowest BCUT2D eigenvalue weighted by Crippen LogP contribution is -2.12. The molecule has 8 heteroatoms. The van der Waals surface area contributed by atoms with Gasteiger partial charge >= 0.3 is 0 Å². The second-order valence-corrected chi connectivity index (χ2v) is 12.0. The number of nitrogens with one attached hydrogen (secondary N) is 2. The van der Waals surface area contributed by atoms with Crippen molar-refractivity contribution in [3.63, 3.8) is 0 Å². The summed E-state index contributed by atoms with van der Waals surface area (Å²) in [6.07, 6.45) is 5.67. The molecule has 0 spiro atoms. The van der Waals surface area contributed by atoms with Crippen molar-refractivity contribution >= 4 is 30.4 Å². The molecule has 0 aliphatic heterocycles. The molecule has 34 heavy (non-hydrogen) atoms. The summed E-state index contributed by atoms with van der Waals surface area (Å²) in [5.74, 6) is 0.245. The number of aromatic nitrogens is 3. The van der Waals surface area contributed by atoms with Gasteiger partial charge in [-0.2, -0.15) is 0 Å². The number of aryl methyl sites for hydroxylation is 1. The van der Waals surface area contributed by atoms with Crippen molar-refractivity contribution in [1.82, 2.24) is 15.0 Å². The van der Waals surface area contributed by atoms with Crippen molar-refractivity contribution < 1.29 is 9.36 Å². The Labute approximate surface area is 199 Å². The summed E-state index contributed by atoms with van der Waals surface area (Å²) >= 11 is 0. The van der Waals surface area contributed by atoms with Gasteiger partial charge in [0.15, 0.2) is 0 Å². The Hall–Kier alpha value is -3.83. The molecule has 0 saturated heterocycles. The average Bonchev–Trinajstić information content (AvgIpc) is 2.81. The Morgan fingerprint density at radius 3 is 2.38 bits per heavy atom. The van der Waals surface area contributed by atoms with Gasteiger partial charge in [0.1, 0.15) is 0 Å². The molecule has 0 bridgehead atoms. The van der Waals surface area contributed by atoms with Crippen LogP contribution >= 0.6 is 7.14 Å². The fraction of sp³-hybridized carbons (Fsp3) is 0.154. The smallest absolute Gasteiger partial charge is 0.255 e. The van der Waals surface area contributed by atoms with E-state index in [2.05, 4.69) is 25.6 Å². The zero-order chi connectivity index (χ0) is 24.1. The van der Waals surface area contributed by atoms with E-state index >= 15 is 0 Å². The number of rotatable bonds is 7. The van der Waals surface area contributed by atoms with E-state index in [0.717, 1.165) is 28.1 Å². The Morgan fingerprint density at radius 1 is 0.941 bits per heavy atom. The topological polar surface area (TPSA) is 96.9 Å². The number of nitrogens with zero attached hydrogens (tertiary/aromatic N) is 3. The van der Waals surface area contributed by atoms with Crippen molar-refractivity contribution in [3.8, 4) is 11.3 Å². The van der Waals surface area contributed by atoms with E-state index in [9.17, 15) is 9.36 Å². The first kappa shape index (κ1) is 23.3. The minimum atomic E-state index is -2.16. The quantitative estimate of drug-likeness (QED) is 0.323. The molecule has 0 unspecified atom stereocenters. The number of anilines is 3. The highest BCUT2D eigenvalue weighted by Crippen LogP contribution is 2.40. The molecule has 4 aromatic rings. The molecule has 4 rings (SSSR count). The van der Waals surface area contributed by atoms with Gasteiger partial charge in [-0.25, -0.2) is 9.97 Å². The minimum absolute atomic E-state index is 0.214. The predicted octanol–water partition coefficient (Wildman–Crippen LogP) is 5.97. The fourth-order valence-electron chi connectivity index (χ4n) is 3.46. The molecule has 2 aromatic carbocycles. The maximum atomic E-state index is 12.8. The van der Waals surface area contributed by atoms with Crippen molar-refractivity contribution in [2.75, 3.05) is 24.0 Å². The third kappa shape index (κ3) is 6.15. The van der Waals surface area contributed by atoms with Crippen LogP contribution in [0.25, 0.3) is 11.3 Å². The van der Waals surface area contributed by atoms with Crippen molar-refractivity contribution in [2.45, 2.75) is 13.1 Å². The monoisotopic (exact) mass is 471 g/mol. The largest absolute Gasteiger partial charge is 0.324 e. The molecule has 0 radical (unpaired) electrons. The number of carbonyl (C=O) groups is 1. The van der Waals surface area contributed by atoms with Gasteiger partial charge in [0.25, 0.3) is 5.91 Å². The Kier molecular flexibility index (Phi) is 6.85.